The van der Waals surface area contributed by atoms with E-state index in [4.69, 9.17) is 4.74 Å². The number of amides is 1. The Morgan fingerprint density at radius 2 is 1.75 bits per heavy atom. The van der Waals surface area contributed by atoms with E-state index >= 15 is 0 Å². The quantitative estimate of drug-likeness (QED) is 0.281. The first-order valence-corrected chi connectivity index (χ1v) is 9.14. The van der Waals surface area contributed by atoms with Gasteiger partial charge in [0.1, 0.15) is 5.75 Å². The van der Waals surface area contributed by atoms with Crippen molar-refractivity contribution in [1.29, 1.82) is 0 Å². The third-order valence-electron chi connectivity index (χ3n) is 3.77. The second kappa shape index (κ2) is 9.05. The lowest BCUT2D eigenvalue weighted by atomic mass is 10.1. The van der Waals surface area contributed by atoms with Crippen molar-refractivity contribution in [2.24, 2.45) is 5.10 Å². The van der Waals surface area contributed by atoms with Crippen LogP contribution in [0.4, 0.5) is 0 Å². The number of carbonyl (C=O) groups excluding carboxylic acids is 2. The van der Waals surface area contributed by atoms with Gasteiger partial charge in [0.2, 0.25) is 0 Å². The number of aryl methyl sites for hydroxylation is 1. The van der Waals surface area contributed by atoms with Gasteiger partial charge in [-0.2, -0.15) is 5.10 Å². The molecule has 0 aliphatic carbocycles. The topological polar surface area (TPSA) is 80.6 Å². The predicted molar refractivity (Wildman–Crippen MR) is 110 cm³/mol. The number of benzene rings is 2. The molecule has 0 aliphatic rings. The van der Waals surface area contributed by atoms with Crippen molar-refractivity contribution < 1.29 is 14.3 Å². The van der Waals surface area contributed by atoms with E-state index in [1.807, 2.05) is 19.1 Å². The summed E-state index contributed by atoms with van der Waals surface area (Å²) >= 11 is 3.38. The van der Waals surface area contributed by atoms with Crippen LogP contribution in [0.15, 0.2) is 76.6 Å². The lowest BCUT2D eigenvalue weighted by Gasteiger charge is -2.08. The van der Waals surface area contributed by atoms with Crippen LogP contribution < -0.4 is 10.2 Å². The molecule has 140 valence electrons. The third-order valence-corrected chi connectivity index (χ3v) is 4.27. The van der Waals surface area contributed by atoms with Gasteiger partial charge in [-0.3, -0.25) is 9.78 Å². The normalized spacial score (nSPS) is 10.6. The van der Waals surface area contributed by atoms with Crippen molar-refractivity contribution >= 4 is 34.0 Å². The van der Waals surface area contributed by atoms with E-state index in [0.717, 1.165) is 10.0 Å². The Kier molecular flexibility index (Phi) is 6.29. The maximum Gasteiger partial charge on any atom is 0.343 e. The van der Waals surface area contributed by atoms with Crippen molar-refractivity contribution in [1.82, 2.24) is 10.4 Å². The number of halogens is 1. The summed E-state index contributed by atoms with van der Waals surface area (Å²) in [5, 5.41) is 3.95. The fourth-order valence-electron chi connectivity index (χ4n) is 2.29. The molecule has 0 radical (unpaired) electrons. The Labute approximate surface area is 170 Å². The highest BCUT2D eigenvalue weighted by atomic mass is 79.9. The van der Waals surface area contributed by atoms with Gasteiger partial charge in [0, 0.05) is 28.0 Å². The number of pyridine rings is 1. The molecular formula is C21H16BrN3O3. The van der Waals surface area contributed by atoms with Crippen molar-refractivity contribution in [3.8, 4) is 5.75 Å². The van der Waals surface area contributed by atoms with E-state index in [9.17, 15) is 9.59 Å². The van der Waals surface area contributed by atoms with Crippen LogP contribution in [-0.2, 0) is 0 Å². The number of hydrogen-bond donors (Lipinski definition) is 1. The van der Waals surface area contributed by atoms with Crippen LogP contribution in [0.2, 0.25) is 0 Å². The summed E-state index contributed by atoms with van der Waals surface area (Å²) in [7, 11) is 0. The molecule has 0 saturated heterocycles. The molecule has 1 aromatic heterocycles. The van der Waals surface area contributed by atoms with Crippen LogP contribution >= 0.6 is 15.9 Å². The van der Waals surface area contributed by atoms with Gasteiger partial charge < -0.3 is 4.74 Å². The van der Waals surface area contributed by atoms with Crippen LogP contribution in [0.25, 0.3) is 0 Å². The van der Waals surface area contributed by atoms with E-state index in [2.05, 4.69) is 31.4 Å². The van der Waals surface area contributed by atoms with E-state index in [1.54, 1.807) is 42.5 Å². The molecule has 7 heteroatoms. The Balaban J connectivity index is 1.74. The van der Waals surface area contributed by atoms with Crippen LogP contribution in [0.3, 0.4) is 0 Å². The number of esters is 1. The lowest BCUT2D eigenvalue weighted by molar-refractivity contribution is 0.0734. The number of rotatable bonds is 5. The molecule has 1 amide bonds. The molecule has 28 heavy (non-hydrogen) atoms. The van der Waals surface area contributed by atoms with Crippen LogP contribution in [-0.4, -0.2) is 23.1 Å². The highest BCUT2D eigenvalue weighted by Gasteiger charge is 2.11. The molecule has 0 bridgehead atoms. The minimum Gasteiger partial charge on any atom is -0.422 e. The number of nitrogens with one attached hydrogen (secondary N) is 1. The molecule has 0 saturated carbocycles. The fraction of sp³-hybridized carbons (Fsp3) is 0.0476. The number of hydrogen-bond acceptors (Lipinski definition) is 5. The smallest absolute Gasteiger partial charge is 0.343 e. The van der Waals surface area contributed by atoms with Gasteiger partial charge in [0.25, 0.3) is 5.91 Å². The lowest BCUT2D eigenvalue weighted by Crippen LogP contribution is -2.17. The molecule has 0 atom stereocenters. The standard InChI is InChI=1S/C21H16BrN3O3/c1-14-2-4-16(5-3-14)21(27)28-19-7-6-18(22)12-17(19)13-24-25-20(26)15-8-10-23-11-9-15/h2-13H,1H3,(H,25,26). The molecule has 0 aliphatic heterocycles. The largest absolute Gasteiger partial charge is 0.422 e. The number of nitrogens with zero attached hydrogens (tertiary/aromatic N) is 2. The second-order valence-electron chi connectivity index (χ2n) is 5.87. The Bertz CT molecular complexity index is 1020. The number of aromatic nitrogens is 1. The highest BCUT2D eigenvalue weighted by molar-refractivity contribution is 9.10. The Morgan fingerprint density at radius 3 is 2.46 bits per heavy atom. The van der Waals surface area contributed by atoms with Gasteiger partial charge in [-0.25, -0.2) is 10.2 Å². The highest BCUT2D eigenvalue weighted by Crippen LogP contribution is 2.23. The first kappa shape index (κ1) is 19.4. The van der Waals surface area contributed by atoms with Gasteiger partial charge in [0.05, 0.1) is 11.8 Å². The third kappa shape index (κ3) is 5.11. The number of hydrazone groups is 1. The van der Waals surface area contributed by atoms with Gasteiger partial charge in [-0.05, 0) is 49.4 Å². The zero-order valence-electron chi connectivity index (χ0n) is 14.9. The van der Waals surface area contributed by atoms with Crippen molar-refractivity contribution in [3.63, 3.8) is 0 Å². The molecule has 0 spiro atoms. The molecule has 1 heterocycles. The van der Waals surface area contributed by atoms with Gasteiger partial charge in [-0.1, -0.05) is 33.6 Å². The average molecular weight is 438 g/mol. The van der Waals surface area contributed by atoms with Crippen molar-refractivity contribution in [2.45, 2.75) is 6.92 Å². The summed E-state index contributed by atoms with van der Waals surface area (Å²) in [6, 6.07) is 15.4. The molecule has 3 rings (SSSR count). The molecule has 0 fully saturated rings. The van der Waals surface area contributed by atoms with Gasteiger partial charge in [0.15, 0.2) is 0 Å². The first-order chi connectivity index (χ1) is 13.5. The molecule has 6 nitrogen and oxygen atoms in total. The molecule has 2 aromatic carbocycles. The van der Waals surface area contributed by atoms with E-state index < -0.39 is 5.97 Å². The minimum atomic E-state index is -0.474. The van der Waals surface area contributed by atoms with Crippen molar-refractivity contribution in [3.05, 3.63) is 93.7 Å². The SMILES string of the molecule is Cc1ccc(C(=O)Oc2ccc(Br)cc2C=NNC(=O)c2ccncc2)cc1. The molecule has 3 aromatic rings. The summed E-state index contributed by atoms with van der Waals surface area (Å²) in [5.74, 6) is -0.514. The van der Waals surface area contributed by atoms with E-state index in [0.29, 0.717) is 22.4 Å². The molecule has 1 N–H and O–H groups in total. The zero-order valence-corrected chi connectivity index (χ0v) is 16.5. The fourth-order valence-corrected chi connectivity index (χ4v) is 2.67. The number of carbonyl (C=O) groups is 2. The zero-order chi connectivity index (χ0) is 19.9. The maximum absolute atomic E-state index is 12.4. The Hall–Kier alpha value is -3.32. The van der Waals surface area contributed by atoms with Gasteiger partial charge >= 0.3 is 5.97 Å². The average Bonchev–Trinajstić information content (AvgIpc) is 2.71. The predicted octanol–water partition coefficient (Wildman–Crippen LogP) is 4.14. The van der Waals surface area contributed by atoms with Crippen LogP contribution in [0.5, 0.6) is 5.75 Å². The number of ether oxygens (including phenoxy) is 1. The monoisotopic (exact) mass is 437 g/mol. The van der Waals surface area contributed by atoms with Crippen LogP contribution in [0.1, 0.15) is 31.8 Å². The maximum atomic E-state index is 12.4. The Morgan fingerprint density at radius 1 is 1.04 bits per heavy atom. The van der Waals surface area contributed by atoms with E-state index in [1.165, 1.54) is 18.6 Å². The minimum absolute atomic E-state index is 0.329. The summed E-state index contributed by atoms with van der Waals surface area (Å²) in [6.45, 7) is 1.94. The summed E-state index contributed by atoms with van der Waals surface area (Å²) in [5.41, 5.74) is 4.90. The molecular weight excluding hydrogens is 422 g/mol. The first-order valence-electron chi connectivity index (χ1n) is 8.35. The van der Waals surface area contributed by atoms with Crippen LogP contribution in [0, 0.1) is 6.92 Å². The summed E-state index contributed by atoms with van der Waals surface area (Å²) < 4.78 is 6.28. The van der Waals surface area contributed by atoms with Crippen molar-refractivity contribution in [2.75, 3.05) is 0 Å². The second-order valence-corrected chi connectivity index (χ2v) is 6.79. The summed E-state index contributed by atoms with van der Waals surface area (Å²) in [6.07, 6.45) is 4.47. The van der Waals surface area contributed by atoms with Gasteiger partial charge in [-0.15, -0.1) is 0 Å². The van der Waals surface area contributed by atoms with E-state index in [-0.39, 0.29) is 5.91 Å². The summed E-state index contributed by atoms with van der Waals surface area (Å²) in [4.78, 5) is 28.3. The molecule has 0 unspecified atom stereocenters.